The van der Waals surface area contributed by atoms with E-state index >= 15 is 0 Å². The Labute approximate surface area is 140 Å². The Kier molecular flexibility index (Phi) is 4.23. The molecule has 0 atom stereocenters. The Morgan fingerprint density at radius 1 is 1.21 bits per heavy atom. The minimum atomic E-state index is -3.82. The molecular weight excluding hydrogens is 324 g/mol. The molecule has 24 heavy (non-hydrogen) atoms. The summed E-state index contributed by atoms with van der Waals surface area (Å²) in [5, 5.41) is 8.95. The van der Waals surface area contributed by atoms with Crippen LogP contribution in [0.1, 0.15) is 18.9 Å². The van der Waals surface area contributed by atoms with Gasteiger partial charge in [0, 0.05) is 6.54 Å². The van der Waals surface area contributed by atoms with Crippen LogP contribution in [0, 0.1) is 11.3 Å². The third-order valence-corrected chi connectivity index (χ3v) is 4.93. The van der Waals surface area contributed by atoms with Gasteiger partial charge in [-0.05, 0) is 36.8 Å². The van der Waals surface area contributed by atoms with Crippen molar-refractivity contribution in [3.63, 3.8) is 0 Å². The number of hydrogen-bond acceptors (Lipinski definition) is 4. The first-order valence-electron chi connectivity index (χ1n) is 7.53. The number of sulfonamides is 1. The van der Waals surface area contributed by atoms with E-state index in [1.165, 1.54) is 12.1 Å². The number of nitriles is 1. The van der Waals surface area contributed by atoms with E-state index in [9.17, 15) is 8.42 Å². The summed E-state index contributed by atoms with van der Waals surface area (Å²) in [6.07, 6.45) is 0.846. The highest BCUT2D eigenvalue weighted by Gasteiger charge is 2.19. The molecule has 1 aromatic heterocycles. The molecule has 2 aromatic carbocycles. The summed E-state index contributed by atoms with van der Waals surface area (Å²) in [5.74, 6) is 0.278. The highest BCUT2D eigenvalue weighted by Crippen LogP contribution is 2.23. The molecule has 0 aliphatic rings. The first kappa shape index (κ1) is 16.0. The second-order valence-corrected chi connectivity index (χ2v) is 7.00. The molecule has 0 saturated carbocycles. The van der Waals surface area contributed by atoms with Crippen LogP contribution in [0.4, 0.5) is 5.95 Å². The zero-order chi connectivity index (χ0) is 17.2. The molecule has 0 fully saturated rings. The zero-order valence-electron chi connectivity index (χ0n) is 13.1. The van der Waals surface area contributed by atoms with Crippen molar-refractivity contribution in [2.75, 3.05) is 4.72 Å². The van der Waals surface area contributed by atoms with Gasteiger partial charge in [-0.1, -0.05) is 25.1 Å². The number of anilines is 1. The van der Waals surface area contributed by atoms with Crippen LogP contribution >= 0.6 is 0 Å². The number of hydrogen-bond donors (Lipinski definition) is 1. The van der Waals surface area contributed by atoms with Gasteiger partial charge in [0.05, 0.1) is 27.6 Å². The fraction of sp³-hybridized carbons (Fsp3) is 0.176. The van der Waals surface area contributed by atoms with Crippen molar-refractivity contribution in [2.45, 2.75) is 24.8 Å². The molecule has 3 rings (SSSR count). The number of aromatic nitrogens is 2. The quantitative estimate of drug-likeness (QED) is 0.773. The van der Waals surface area contributed by atoms with E-state index in [4.69, 9.17) is 5.26 Å². The Morgan fingerprint density at radius 3 is 2.75 bits per heavy atom. The largest absolute Gasteiger partial charge is 0.309 e. The Balaban J connectivity index is 2.05. The molecule has 0 bridgehead atoms. The Hall–Kier alpha value is -2.85. The summed E-state index contributed by atoms with van der Waals surface area (Å²) < 4.78 is 29.6. The maximum Gasteiger partial charge on any atom is 0.264 e. The van der Waals surface area contributed by atoms with Crippen LogP contribution in [0.2, 0.25) is 0 Å². The molecule has 0 unspecified atom stereocenters. The topological polar surface area (TPSA) is 87.8 Å². The summed E-state index contributed by atoms with van der Waals surface area (Å²) in [6.45, 7) is 2.67. The number of para-hydroxylation sites is 2. The fourth-order valence-corrected chi connectivity index (χ4v) is 3.57. The van der Waals surface area contributed by atoms with Crippen LogP contribution < -0.4 is 4.72 Å². The van der Waals surface area contributed by atoms with Crippen molar-refractivity contribution >= 4 is 27.0 Å². The summed E-state index contributed by atoms with van der Waals surface area (Å²) in [4.78, 5) is 4.43. The van der Waals surface area contributed by atoms with Crippen LogP contribution in [0.5, 0.6) is 0 Å². The van der Waals surface area contributed by atoms with Gasteiger partial charge in [-0.25, -0.2) is 18.1 Å². The lowest BCUT2D eigenvalue weighted by atomic mass is 10.2. The number of benzene rings is 2. The SMILES string of the molecule is CCCn1c(NS(=O)(=O)c2cccc(C#N)c2)nc2ccccc21. The average Bonchev–Trinajstić information content (AvgIpc) is 2.92. The monoisotopic (exact) mass is 340 g/mol. The first-order chi connectivity index (χ1) is 11.5. The van der Waals surface area contributed by atoms with Gasteiger partial charge in [-0.3, -0.25) is 0 Å². The van der Waals surface area contributed by atoms with Crippen molar-refractivity contribution in [1.29, 1.82) is 5.26 Å². The number of nitrogens with zero attached hydrogens (tertiary/aromatic N) is 3. The van der Waals surface area contributed by atoms with Gasteiger partial charge in [0.2, 0.25) is 5.95 Å². The van der Waals surface area contributed by atoms with Gasteiger partial charge >= 0.3 is 0 Å². The molecular formula is C17H16N4O2S. The molecule has 0 radical (unpaired) electrons. The standard InChI is InChI=1S/C17H16N4O2S/c1-2-10-21-16-9-4-3-8-15(16)19-17(21)20-24(22,23)14-7-5-6-13(11-14)12-18/h3-9,11H,2,10H2,1H3,(H,19,20). The minimum absolute atomic E-state index is 0.0386. The van der Waals surface area contributed by atoms with Gasteiger partial charge in [0.1, 0.15) is 0 Å². The van der Waals surface area contributed by atoms with E-state index in [1.54, 1.807) is 12.1 Å². The fourth-order valence-electron chi connectivity index (χ4n) is 2.52. The lowest BCUT2D eigenvalue weighted by Crippen LogP contribution is -2.17. The van der Waals surface area contributed by atoms with Crippen LogP contribution in [-0.2, 0) is 16.6 Å². The first-order valence-corrected chi connectivity index (χ1v) is 9.01. The number of nitrogens with one attached hydrogen (secondary N) is 1. The molecule has 3 aromatic rings. The second-order valence-electron chi connectivity index (χ2n) is 5.32. The van der Waals surface area contributed by atoms with Crippen molar-refractivity contribution in [2.24, 2.45) is 0 Å². The molecule has 7 heteroatoms. The average molecular weight is 340 g/mol. The highest BCUT2D eigenvalue weighted by atomic mass is 32.2. The van der Waals surface area contributed by atoms with Gasteiger partial charge in [0.15, 0.2) is 0 Å². The number of imidazole rings is 1. The summed E-state index contributed by atoms with van der Waals surface area (Å²) in [6, 6.07) is 15.4. The van der Waals surface area contributed by atoms with Gasteiger partial charge in [-0.15, -0.1) is 0 Å². The van der Waals surface area contributed by atoms with E-state index in [-0.39, 0.29) is 10.8 Å². The summed E-state index contributed by atoms with van der Waals surface area (Å²) >= 11 is 0. The van der Waals surface area contributed by atoms with Gasteiger partial charge in [0.25, 0.3) is 10.0 Å². The molecule has 0 aliphatic heterocycles. The van der Waals surface area contributed by atoms with E-state index in [2.05, 4.69) is 9.71 Å². The van der Waals surface area contributed by atoms with E-state index < -0.39 is 10.0 Å². The van der Waals surface area contributed by atoms with Crippen molar-refractivity contribution in [3.8, 4) is 6.07 Å². The van der Waals surface area contributed by atoms with Crippen LogP contribution in [0.15, 0.2) is 53.4 Å². The predicted molar refractivity (Wildman–Crippen MR) is 92.0 cm³/mol. The van der Waals surface area contributed by atoms with E-state index in [1.807, 2.05) is 41.8 Å². The molecule has 0 aliphatic carbocycles. The zero-order valence-corrected chi connectivity index (χ0v) is 13.9. The smallest absolute Gasteiger partial charge is 0.264 e. The molecule has 0 saturated heterocycles. The maximum absolute atomic E-state index is 12.6. The molecule has 0 amide bonds. The Bertz CT molecular complexity index is 1030. The number of aryl methyl sites for hydroxylation is 1. The highest BCUT2D eigenvalue weighted by molar-refractivity contribution is 7.92. The predicted octanol–water partition coefficient (Wildman–Crippen LogP) is 3.12. The number of fused-ring (bicyclic) bond motifs is 1. The molecule has 122 valence electrons. The maximum atomic E-state index is 12.6. The molecule has 0 spiro atoms. The normalized spacial score (nSPS) is 11.3. The summed E-state index contributed by atoms with van der Waals surface area (Å²) in [7, 11) is -3.82. The molecule has 1 heterocycles. The van der Waals surface area contributed by atoms with Crippen LogP contribution in [-0.4, -0.2) is 18.0 Å². The van der Waals surface area contributed by atoms with Gasteiger partial charge in [-0.2, -0.15) is 5.26 Å². The van der Waals surface area contributed by atoms with E-state index in [0.29, 0.717) is 12.1 Å². The van der Waals surface area contributed by atoms with Crippen molar-refractivity contribution in [3.05, 3.63) is 54.1 Å². The third kappa shape index (κ3) is 2.96. The van der Waals surface area contributed by atoms with E-state index in [0.717, 1.165) is 17.5 Å². The Morgan fingerprint density at radius 2 is 2.00 bits per heavy atom. The summed E-state index contributed by atoms with van der Waals surface area (Å²) in [5.41, 5.74) is 1.90. The van der Waals surface area contributed by atoms with Gasteiger partial charge < -0.3 is 4.57 Å². The second kappa shape index (κ2) is 6.34. The van der Waals surface area contributed by atoms with Crippen molar-refractivity contribution in [1.82, 2.24) is 9.55 Å². The van der Waals surface area contributed by atoms with Crippen molar-refractivity contribution < 1.29 is 8.42 Å². The number of rotatable bonds is 5. The third-order valence-electron chi connectivity index (χ3n) is 3.60. The van der Waals surface area contributed by atoms with Crippen LogP contribution in [0.25, 0.3) is 11.0 Å². The lowest BCUT2D eigenvalue weighted by Gasteiger charge is -2.10. The molecule has 1 N–H and O–H groups in total. The van der Waals surface area contributed by atoms with Crippen LogP contribution in [0.3, 0.4) is 0 Å². The lowest BCUT2D eigenvalue weighted by molar-refractivity contribution is 0.599. The molecule has 6 nitrogen and oxygen atoms in total. The minimum Gasteiger partial charge on any atom is -0.309 e.